The molecule has 0 spiro atoms. The molecule has 0 saturated carbocycles. The van der Waals surface area contributed by atoms with Gasteiger partial charge in [-0.2, -0.15) is 0 Å². The maximum Gasteiger partial charge on any atom is 0.275 e. The molecule has 0 heterocycles. The van der Waals surface area contributed by atoms with Gasteiger partial charge in [0.2, 0.25) is 29.5 Å². The van der Waals surface area contributed by atoms with Crippen molar-refractivity contribution in [3.63, 3.8) is 0 Å². The van der Waals surface area contributed by atoms with Crippen LogP contribution in [-0.2, 0) is 29.5 Å². The Balaban J connectivity index is 1.77. The molecule has 0 fully saturated rings. The summed E-state index contributed by atoms with van der Waals surface area (Å²) >= 11 is 0. The lowest BCUT2D eigenvalue weighted by Gasteiger charge is -2.20. The molecule has 0 aromatic heterocycles. The first kappa shape index (κ1) is 25.1. The first-order valence-electron chi connectivity index (χ1n) is 11.3. The summed E-state index contributed by atoms with van der Waals surface area (Å²) in [6.45, 7) is 1.74. The van der Waals surface area contributed by atoms with Crippen molar-refractivity contribution in [3.05, 3.63) is 115 Å². The fourth-order valence-corrected chi connectivity index (χ4v) is 12.5. The molecule has 0 N–H and O–H groups in total. The van der Waals surface area contributed by atoms with Gasteiger partial charge in [-0.25, -0.2) is 25.3 Å². The zero-order chi connectivity index (χ0) is 26.4. The molecule has 0 aliphatic heterocycles. The van der Waals surface area contributed by atoms with E-state index in [1.54, 1.807) is 55.5 Å². The van der Waals surface area contributed by atoms with Gasteiger partial charge in [0.15, 0.2) is 0 Å². The molecule has 0 radical (unpaired) electrons. The van der Waals surface area contributed by atoms with E-state index in [1.807, 2.05) is 0 Å². The Morgan fingerprint density at radius 3 is 1.22 bits per heavy atom. The molecule has 0 unspecified atom stereocenters. The lowest BCUT2D eigenvalue weighted by molar-refractivity contribution is 0.573. The summed E-state index contributed by atoms with van der Waals surface area (Å²) in [6.07, 6.45) is 0. The quantitative estimate of drug-likeness (QED) is 0.284. The second-order valence-corrected chi connectivity index (χ2v) is 15.7. The molecule has 5 aromatic carbocycles. The van der Waals surface area contributed by atoms with Crippen LogP contribution in [0, 0.1) is 6.92 Å². The molecule has 0 atom stereocenters. The molecule has 5 rings (SSSR count). The summed E-state index contributed by atoms with van der Waals surface area (Å²) < 4.78 is 80.9. The van der Waals surface area contributed by atoms with E-state index in [9.17, 15) is 25.3 Å². The zero-order valence-electron chi connectivity index (χ0n) is 19.6. The van der Waals surface area contributed by atoms with Crippen molar-refractivity contribution in [1.82, 2.24) is 0 Å². The minimum atomic E-state index is -4.94. The van der Waals surface area contributed by atoms with Gasteiger partial charge in [0, 0.05) is 0 Å². The maximum absolute atomic E-state index is 14.0. The van der Waals surface area contributed by atoms with Crippen molar-refractivity contribution < 1.29 is 25.3 Å². The van der Waals surface area contributed by atoms with Crippen LogP contribution < -0.4 is 0 Å². The number of hydrogen-bond acceptors (Lipinski definition) is 6. The van der Waals surface area contributed by atoms with Crippen LogP contribution in [0.15, 0.2) is 124 Å². The Morgan fingerprint density at radius 2 is 0.784 bits per heavy atom. The third kappa shape index (κ3) is 4.43. The van der Waals surface area contributed by atoms with E-state index in [4.69, 9.17) is 0 Å². The number of benzene rings is 5. The molecule has 188 valence electrons. The van der Waals surface area contributed by atoms with Crippen LogP contribution in [0.4, 0.5) is 0 Å². The SMILES string of the molecule is Cc1ccc(S(=O)(=O)C(S(=O)(=O)c2ccc3ccccc3c2)S(=O)(=O)c2ccc3ccccc3c2)cc1. The number of rotatable bonds is 6. The van der Waals surface area contributed by atoms with Crippen molar-refractivity contribution in [2.45, 2.75) is 25.5 Å². The van der Waals surface area contributed by atoms with E-state index in [0.717, 1.165) is 16.3 Å². The summed E-state index contributed by atoms with van der Waals surface area (Å²) in [5.41, 5.74) is 0.741. The topological polar surface area (TPSA) is 102 Å². The highest BCUT2D eigenvalue weighted by Gasteiger charge is 2.50. The van der Waals surface area contributed by atoms with Crippen LogP contribution in [0.3, 0.4) is 0 Å². The first-order chi connectivity index (χ1) is 17.5. The normalized spacial score (nSPS) is 12.8. The average molecular weight is 551 g/mol. The van der Waals surface area contributed by atoms with E-state index >= 15 is 0 Å². The minimum absolute atomic E-state index is 0.392. The molecule has 5 aromatic rings. The molecule has 9 heteroatoms. The maximum atomic E-state index is 14.0. The summed E-state index contributed by atoms with van der Waals surface area (Å²) in [5, 5.41) is 2.55. The number of aryl methyl sites for hydroxylation is 1. The molecule has 0 bridgehead atoms. The Kier molecular flexibility index (Phi) is 6.18. The smallest absolute Gasteiger partial charge is 0.221 e. The van der Waals surface area contributed by atoms with E-state index in [2.05, 4.69) is 0 Å². The lowest BCUT2D eigenvalue weighted by atomic mass is 10.1. The molecule has 0 saturated heterocycles. The average Bonchev–Trinajstić information content (AvgIpc) is 2.88. The van der Waals surface area contributed by atoms with E-state index < -0.39 is 48.1 Å². The highest BCUT2D eigenvalue weighted by atomic mass is 32.3. The van der Waals surface area contributed by atoms with Crippen LogP contribution in [0.1, 0.15) is 5.56 Å². The van der Waals surface area contributed by atoms with Gasteiger partial charge in [-0.15, -0.1) is 0 Å². The molecular formula is C28H22O6S3. The van der Waals surface area contributed by atoms with Gasteiger partial charge >= 0.3 is 0 Å². The van der Waals surface area contributed by atoms with Crippen molar-refractivity contribution in [2.24, 2.45) is 0 Å². The lowest BCUT2D eigenvalue weighted by Crippen LogP contribution is -2.38. The molecular weight excluding hydrogens is 529 g/mol. The Morgan fingerprint density at radius 1 is 0.432 bits per heavy atom. The van der Waals surface area contributed by atoms with Crippen molar-refractivity contribution in [1.29, 1.82) is 0 Å². The second kappa shape index (κ2) is 9.09. The zero-order valence-corrected chi connectivity index (χ0v) is 22.1. The van der Waals surface area contributed by atoms with Crippen LogP contribution in [-0.4, -0.2) is 29.2 Å². The van der Waals surface area contributed by atoms with Gasteiger partial charge in [0.05, 0.1) is 14.7 Å². The van der Waals surface area contributed by atoms with Gasteiger partial charge in [0.25, 0.3) is 3.91 Å². The highest BCUT2D eigenvalue weighted by Crippen LogP contribution is 2.35. The van der Waals surface area contributed by atoms with E-state index in [0.29, 0.717) is 10.8 Å². The van der Waals surface area contributed by atoms with Gasteiger partial charge < -0.3 is 0 Å². The molecule has 0 aliphatic carbocycles. The van der Waals surface area contributed by atoms with Gasteiger partial charge in [0.1, 0.15) is 0 Å². The number of sulfone groups is 3. The Bertz CT molecular complexity index is 1870. The molecule has 37 heavy (non-hydrogen) atoms. The Hall–Kier alpha value is -3.53. The van der Waals surface area contributed by atoms with E-state index in [-0.39, 0.29) is 0 Å². The van der Waals surface area contributed by atoms with Gasteiger partial charge in [-0.3, -0.25) is 0 Å². The predicted octanol–water partition coefficient (Wildman–Crippen LogP) is 5.31. The fraction of sp³-hybridized carbons (Fsp3) is 0.0714. The predicted molar refractivity (Wildman–Crippen MR) is 144 cm³/mol. The van der Waals surface area contributed by atoms with Crippen molar-refractivity contribution in [3.8, 4) is 0 Å². The van der Waals surface area contributed by atoms with Crippen LogP contribution >= 0.6 is 0 Å². The summed E-state index contributed by atoms with van der Waals surface area (Å²) in [7, 11) is -14.8. The largest absolute Gasteiger partial charge is 0.275 e. The van der Waals surface area contributed by atoms with Crippen LogP contribution in [0.5, 0.6) is 0 Å². The summed E-state index contributed by atoms with van der Waals surface area (Å²) in [5.74, 6) is 0. The Labute approximate surface area is 216 Å². The van der Waals surface area contributed by atoms with Gasteiger partial charge in [-0.1, -0.05) is 78.4 Å². The standard InChI is InChI=1S/C28H22O6S3/c1-20-10-14-25(15-11-20)35(29,30)28(36(31,32)26-16-12-21-6-2-4-8-23(21)18-26)37(33,34)27-17-13-22-7-3-5-9-24(22)19-27/h2-19,28H,1H3. The fourth-order valence-electron chi connectivity index (χ4n) is 4.25. The third-order valence-corrected chi connectivity index (χ3v) is 15.0. The van der Waals surface area contributed by atoms with Crippen LogP contribution in [0.25, 0.3) is 21.5 Å². The summed E-state index contributed by atoms with van der Waals surface area (Å²) in [4.78, 5) is -1.18. The van der Waals surface area contributed by atoms with Crippen molar-refractivity contribution in [2.75, 3.05) is 0 Å². The number of hydrogen-bond donors (Lipinski definition) is 0. The van der Waals surface area contributed by atoms with Crippen LogP contribution in [0.2, 0.25) is 0 Å². The molecule has 6 nitrogen and oxygen atoms in total. The third-order valence-electron chi connectivity index (χ3n) is 6.21. The monoisotopic (exact) mass is 550 g/mol. The minimum Gasteiger partial charge on any atom is -0.221 e. The first-order valence-corrected chi connectivity index (χ1v) is 15.9. The molecule has 0 amide bonds. The van der Waals surface area contributed by atoms with Crippen molar-refractivity contribution >= 4 is 51.1 Å². The summed E-state index contributed by atoms with van der Waals surface area (Å²) in [6, 6.07) is 27.5. The van der Waals surface area contributed by atoms with E-state index in [1.165, 1.54) is 60.7 Å². The second-order valence-electron chi connectivity index (χ2n) is 8.75. The number of fused-ring (bicyclic) bond motifs is 2. The van der Waals surface area contributed by atoms with Gasteiger partial charge in [-0.05, 0) is 64.9 Å². The highest BCUT2D eigenvalue weighted by molar-refractivity contribution is 8.24. The molecule has 0 aliphatic rings.